The van der Waals surface area contributed by atoms with Gasteiger partial charge >= 0.3 is 5.97 Å². The summed E-state index contributed by atoms with van der Waals surface area (Å²) < 4.78 is 13.0. The molecule has 2 rings (SSSR count). The number of anilines is 1. The molecule has 0 fully saturated rings. The lowest BCUT2D eigenvalue weighted by Gasteiger charge is -2.12. The number of benzene rings is 1. The average Bonchev–Trinajstić information content (AvgIpc) is 2.93. The number of carboxylic acid groups (broad SMARTS) is 1. The van der Waals surface area contributed by atoms with E-state index in [1.807, 2.05) is 0 Å². The van der Waals surface area contributed by atoms with E-state index < -0.39 is 23.7 Å². The van der Waals surface area contributed by atoms with Crippen molar-refractivity contribution in [2.75, 3.05) is 5.32 Å². The van der Waals surface area contributed by atoms with Gasteiger partial charge in [0.05, 0.1) is 11.3 Å². The molecule has 0 spiro atoms. The Morgan fingerprint density at radius 1 is 1.35 bits per heavy atom. The predicted molar refractivity (Wildman–Crippen MR) is 73.2 cm³/mol. The lowest BCUT2D eigenvalue weighted by Crippen LogP contribution is -2.27. The van der Waals surface area contributed by atoms with Crippen molar-refractivity contribution >= 4 is 28.9 Å². The quantitative estimate of drug-likeness (QED) is 0.806. The third-order valence-electron chi connectivity index (χ3n) is 2.60. The number of amides is 1. The molecule has 7 heteroatoms. The number of nitrogens with two attached hydrogens (primary N) is 1. The first-order chi connectivity index (χ1) is 9.49. The molecule has 0 aliphatic carbocycles. The molecule has 0 radical (unpaired) electrons. The lowest BCUT2D eigenvalue weighted by molar-refractivity contribution is -0.117. The van der Waals surface area contributed by atoms with Crippen molar-refractivity contribution in [3.05, 3.63) is 52.0 Å². The molecule has 0 saturated heterocycles. The van der Waals surface area contributed by atoms with E-state index in [0.717, 1.165) is 12.1 Å². The highest BCUT2D eigenvalue weighted by Gasteiger charge is 2.19. The Morgan fingerprint density at radius 3 is 2.70 bits per heavy atom. The van der Waals surface area contributed by atoms with Crippen LogP contribution in [0.1, 0.15) is 21.3 Å². The molecular formula is C13H11FN2O3S. The van der Waals surface area contributed by atoms with Crippen molar-refractivity contribution in [1.82, 2.24) is 0 Å². The largest absolute Gasteiger partial charge is 0.478 e. The van der Waals surface area contributed by atoms with E-state index in [-0.39, 0.29) is 11.3 Å². The van der Waals surface area contributed by atoms with E-state index in [4.69, 9.17) is 10.8 Å². The van der Waals surface area contributed by atoms with E-state index in [9.17, 15) is 14.0 Å². The molecule has 0 bridgehead atoms. The minimum atomic E-state index is -1.33. The summed E-state index contributed by atoms with van der Waals surface area (Å²) in [6.07, 6.45) is 0. The van der Waals surface area contributed by atoms with Gasteiger partial charge < -0.3 is 16.2 Å². The Labute approximate surface area is 117 Å². The van der Waals surface area contributed by atoms with Crippen LogP contribution in [0.2, 0.25) is 0 Å². The monoisotopic (exact) mass is 294 g/mol. The fourth-order valence-corrected chi connectivity index (χ4v) is 2.34. The smallest absolute Gasteiger partial charge is 0.337 e. The Kier molecular flexibility index (Phi) is 4.11. The number of thiophene rings is 1. The number of carbonyl (C=O) groups excluding carboxylic acids is 1. The maximum Gasteiger partial charge on any atom is 0.337 e. The van der Waals surface area contributed by atoms with E-state index >= 15 is 0 Å². The highest BCUT2D eigenvalue weighted by Crippen LogP contribution is 2.21. The molecule has 1 aromatic carbocycles. The molecule has 20 heavy (non-hydrogen) atoms. The molecule has 0 saturated carbocycles. The molecule has 0 aliphatic heterocycles. The molecule has 1 heterocycles. The summed E-state index contributed by atoms with van der Waals surface area (Å²) in [6.45, 7) is 0. The van der Waals surface area contributed by atoms with Crippen LogP contribution in [0, 0.1) is 5.82 Å². The third-order valence-corrected chi connectivity index (χ3v) is 3.56. The SMILES string of the molecule is NC(C(=O)Nc1ccc(F)cc1C(=O)O)c1cccs1. The molecular weight excluding hydrogens is 283 g/mol. The van der Waals surface area contributed by atoms with Gasteiger partial charge in [-0.05, 0) is 29.6 Å². The summed E-state index contributed by atoms with van der Waals surface area (Å²) in [5, 5.41) is 13.2. The first-order valence-electron chi connectivity index (χ1n) is 5.61. The van der Waals surface area contributed by atoms with Gasteiger partial charge in [-0.2, -0.15) is 0 Å². The third kappa shape index (κ3) is 3.01. The van der Waals surface area contributed by atoms with Gasteiger partial charge in [-0.25, -0.2) is 9.18 Å². The fraction of sp³-hybridized carbons (Fsp3) is 0.0769. The van der Waals surface area contributed by atoms with Crippen molar-refractivity contribution in [2.24, 2.45) is 5.73 Å². The molecule has 104 valence electrons. The minimum absolute atomic E-state index is 0.0101. The number of halogens is 1. The van der Waals surface area contributed by atoms with Gasteiger partial charge in [0.15, 0.2) is 0 Å². The van der Waals surface area contributed by atoms with Crippen LogP contribution in [0.5, 0.6) is 0 Å². The molecule has 1 amide bonds. The molecule has 1 aromatic heterocycles. The summed E-state index contributed by atoms with van der Waals surface area (Å²) in [4.78, 5) is 23.6. The second-order valence-electron chi connectivity index (χ2n) is 3.98. The number of carbonyl (C=O) groups is 2. The number of carboxylic acids is 1. The van der Waals surface area contributed by atoms with Crippen molar-refractivity contribution in [3.63, 3.8) is 0 Å². The van der Waals surface area contributed by atoms with Gasteiger partial charge in [-0.1, -0.05) is 6.07 Å². The van der Waals surface area contributed by atoms with Crippen LogP contribution >= 0.6 is 11.3 Å². The zero-order chi connectivity index (χ0) is 14.7. The van der Waals surface area contributed by atoms with Crippen LogP contribution in [0.25, 0.3) is 0 Å². The highest BCUT2D eigenvalue weighted by atomic mass is 32.1. The fourth-order valence-electron chi connectivity index (χ4n) is 1.61. The number of nitrogens with one attached hydrogen (secondary N) is 1. The summed E-state index contributed by atoms with van der Waals surface area (Å²) in [5.74, 6) is -2.57. The van der Waals surface area contributed by atoms with Gasteiger partial charge in [-0.3, -0.25) is 4.79 Å². The number of aromatic carboxylic acids is 1. The van der Waals surface area contributed by atoms with Crippen LogP contribution in [-0.2, 0) is 4.79 Å². The van der Waals surface area contributed by atoms with Gasteiger partial charge in [0, 0.05) is 4.88 Å². The van der Waals surface area contributed by atoms with Gasteiger partial charge in [0.25, 0.3) is 0 Å². The summed E-state index contributed by atoms with van der Waals surface area (Å²) >= 11 is 1.32. The topological polar surface area (TPSA) is 92.4 Å². The predicted octanol–water partition coefficient (Wildman–Crippen LogP) is 2.22. The molecule has 1 atom stereocenters. The Hall–Kier alpha value is -2.25. The van der Waals surface area contributed by atoms with Crippen LogP contribution in [0.15, 0.2) is 35.7 Å². The molecule has 2 aromatic rings. The van der Waals surface area contributed by atoms with Crippen molar-refractivity contribution in [3.8, 4) is 0 Å². The molecule has 0 aliphatic rings. The van der Waals surface area contributed by atoms with Crippen LogP contribution in [0.4, 0.5) is 10.1 Å². The van der Waals surface area contributed by atoms with Gasteiger partial charge in [0.1, 0.15) is 11.9 Å². The van der Waals surface area contributed by atoms with Crippen LogP contribution in [-0.4, -0.2) is 17.0 Å². The maximum atomic E-state index is 13.0. The number of hydrogen-bond donors (Lipinski definition) is 3. The van der Waals surface area contributed by atoms with Crippen LogP contribution in [0.3, 0.4) is 0 Å². The van der Waals surface area contributed by atoms with Crippen molar-refractivity contribution < 1.29 is 19.1 Å². The van der Waals surface area contributed by atoms with Crippen LogP contribution < -0.4 is 11.1 Å². The average molecular weight is 294 g/mol. The Morgan fingerprint density at radius 2 is 2.10 bits per heavy atom. The van der Waals surface area contributed by atoms with Gasteiger partial charge in [0.2, 0.25) is 5.91 Å². The maximum absolute atomic E-state index is 13.0. The normalized spacial score (nSPS) is 11.9. The van der Waals surface area contributed by atoms with Crippen molar-refractivity contribution in [2.45, 2.75) is 6.04 Å². The first kappa shape index (κ1) is 14.2. The number of rotatable bonds is 4. The van der Waals surface area contributed by atoms with Crippen molar-refractivity contribution in [1.29, 1.82) is 0 Å². The summed E-state index contributed by atoms with van der Waals surface area (Å²) in [5.41, 5.74) is 5.45. The molecule has 4 N–H and O–H groups in total. The lowest BCUT2D eigenvalue weighted by atomic mass is 10.1. The van der Waals surface area contributed by atoms with E-state index in [2.05, 4.69) is 5.32 Å². The van der Waals surface area contributed by atoms with E-state index in [1.54, 1.807) is 17.5 Å². The standard InChI is InChI=1S/C13H11FN2O3S/c14-7-3-4-9(8(6-7)13(18)19)16-12(17)11(15)10-2-1-5-20-10/h1-6,11H,15H2,(H,16,17)(H,18,19). The van der Waals surface area contributed by atoms with Gasteiger partial charge in [-0.15, -0.1) is 11.3 Å². The first-order valence-corrected chi connectivity index (χ1v) is 6.49. The Balaban J connectivity index is 2.22. The summed E-state index contributed by atoms with van der Waals surface area (Å²) in [7, 11) is 0. The zero-order valence-corrected chi connectivity index (χ0v) is 11.0. The highest BCUT2D eigenvalue weighted by molar-refractivity contribution is 7.10. The second-order valence-corrected chi connectivity index (χ2v) is 4.96. The number of hydrogen-bond acceptors (Lipinski definition) is 4. The Bertz CT molecular complexity index is 643. The van der Waals surface area contributed by atoms with E-state index in [1.165, 1.54) is 17.4 Å². The van der Waals surface area contributed by atoms with E-state index in [0.29, 0.717) is 4.88 Å². The minimum Gasteiger partial charge on any atom is -0.478 e. The summed E-state index contributed by atoms with van der Waals surface area (Å²) in [6, 6.07) is 5.66. The zero-order valence-electron chi connectivity index (χ0n) is 10.2. The molecule has 1 unspecified atom stereocenters. The molecule has 5 nitrogen and oxygen atoms in total. The second kappa shape index (κ2) is 5.81.